The van der Waals surface area contributed by atoms with Gasteiger partial charge in [-0.1, -0.05) is 47.5 Å². The SMILES string of the molecule is CC(C)C(=O)NCCCCCCNC(=O)C(C)(C)C. The molecule has 0 aromatic heterocycles. The van der Waals surface area contributed by atoms with Crippen molar-refractivity contribution in [2.24, 2.45) is 11.3 Å². The summed E-state index contributed by atoms with van der Waals surface area (Å²) in [6.07, 6.45) is 4.18. The fraction of sp³-hybridized carbons (Fsp3) is 0.867. The number of hydrogen-bond acceptors (Lipinski definition) is 2. The predicted octanol–water partition coefficient (Wildman–Crippen LogP) is 2.48. The molecule has 0 bridgehead atoms. The molecule has 112 valence electrons. The number of carbonyl (C=O) groups excluding carboxylic acids is 2. The largest absolute Gasteiger partial charge is 0.356 e. The number of nitrogens with one attached hydrogen (secondary N) is 2. The molecule has 0 aliphatic heterocycles. The summed E-state index contributed by atoms with van der Waals surface area (Å²) >= 11 is 0. The molecule has 0 aliphatic carbocycles. The highest BCUT2D eigenvalue weighted by Gasteiger charge is 2.19. The minimum atomic E-state index is -0.304. The number of hydrogen-bond donors (Lipinski definition) is 2. The quantitative estimate of drug-likeness (QED) is 0.666. The average Bonchev–Trinajstić information content (AvgIpc) is 2.30. The Morgan fingerprint density at radius 2 is 1.37 bits per heavy atom. The van der Waals surface area contributed by atoms with E-state index in [1.807, 2.05) is 34.6 Å². The van der Waals surface area contributed by atoms with E-state index in [1.165, 1.54) is 0 Å². The maximum Gasteiger partial charge on any atom is 0.225 e. The van der Waals surface area contributed by atoms with Gasteiger partial charge in [-0.25, -0.2) is 0 Å². The molecule has 0 rings (SSSR count). The first-order chi connectivity index (χ1) is 8.75. The first-order valence-corrected chi connectivity index (χ1v) is 7.31. The van der Waals surface area contributed by atoms with Crippen LogP contribution in [0.5, 0.6) is 0 Å². The third kappa shape index (κ3) is 9.51. The molecule has 4 heteroatoms. The third-order valence-corrected chi connectivity index (χ3v) is 2.89. The molecule has 0 heterocycles. The molecule has 0 aromatic carbocycles. The van der Waals surface area contributed by atoms with Crippen LogP contribution in [-0.2, 0) is 9.59 Å². The molecule has 0 spiro atoms. The summed E-state index contributed by atoms with van der Waals surface area (Å²) in [5, 5.41) is 5.84. The van der Waals surface area contributed by atoms with Crippen LogP contribution >= 0.6 is 0 Å². The van der Waals surface area contributed by atoms with Gasteiger partial charge in [-0.05, 0) is 12.8 Å². The summed E-state index contributed by atoms with van der Waals surface area (Å²) in [6, 6.07) is 0. The van der Waals surface area contributed by atoms with Gasteiger partial charge in [0.15, 0.2) is 0 Å². The molecule has 2 N–H and O–H groups in total. The molecule has 2 amide bonds. The molecule has 0 saturated carbocycles. The van der Waals surface area contributed by atoms with Gasteiger partial charge in [-0.3, -0.25) is 9.59 Å². The maximum atomic E-state index is 11.6. The minimum absolute atomic E-state index is 0.0626. The number of rotatable bonds is 8. The summed E-state index contributed by atoms with van der Waals surface area (Å²) in [4.78, 5) is 22.9. The topological polar surface area (TPSA) is 58.2 Å². The predicted molar refractivity (Wildman–Crippen MR) is 78.8 cm³/mol. The Morgan fingerprint density at radius 1 is 0.895 bits per heavy atom. The Balaban J connectivity index is 3.38. The molecule has 0 saturated heterocycles. The van der Waals surface area contributed by atoms with Crippen molar-refractivity contribution < 1.29 is 9.59 Å². The molecule has 0 aromatic rings. The summed E-state index contributed by atoms with van der Waals surface area (Å²) < 4.78 is 0. The second-order valence-electron chi connectivity index (χ2n) is 6.37. The van der Waals surface area contributed by atoms with Gasteiger partial charge in [0.25, 0.3) is 0 Å². The van der Waals surface area contributed by atoms with Crippen molar-refractivity contribution in [3.05, 3.63) is 0 Å². The second kappa shape index (κ2) is 8.94. The van der Waals surface area contributed by atoms with Crippen molar-refractivity contribution in [3.8, 4) is 0 Å². The van der Waals surface area contributed by atoms with Gasteiger partial charge in [0.05, 0.1) is 0 Å². The Labute approximate surface area is 117 Å². The van der Waals surface area contributed by atoms with Gasteiger partial charge in [0.2, 0.25) is 11.8 Å². The molecule has 19 heavy (non-hydrogen) atoms. The van der Waals surface area contributed by atoms with E-state index in [-0.39, 0.29) is 23.1 Å². The number of carbonyl (C=O) groups is 2. The molecule has 0 unspecified atom stereocenters. The van der Waals surface area contributed by atoms with E-state index < -0.39 is 0 Å². The van der Waals surface area contributed by atoms with Gasteiger partial charge in [0.1, 0.15) is 0 Å². The zero-order valence-electron chi connectivity index (χ0n) is 13.1. The molecule has 4 nitrogen and oxygen atoms in total. The van der Waals surface area contributed by atoms with Gasteiger partial charge in [0, 0.05) is 24.4 Å². The van der Waals surface area contributed by atoms with Crippen molar-refractivity contribution in [1.82, 2.24) is 10.6 Å². The highest BCUT2D eigenvalue weighted by molar-refractivity contribution is 5.81. The van der Waals surface area contributed by atoms with Crippen LogP contribution in [-0.4, -0.2) is 24.9 Å². The molecular weight excluding hydrogens is 240 g/mol. The molecule has 0 aliphatic rings. The van der Waals surface area contributed by atoms with Crippen LogP contribution in [0.4, 0.5) is 0 Å². The first-order valence-electron chi connectivity index (χ1n) is 7.31. The lowest BCUT2D eigenvalue weighted by Crippen LogP contribution is -2.35. The van der Waals surface area contributed by atoms with Gasteiger partial charge in [-0.15, -0.1) is 0 Å². The highest BCUT2D eigenvalue weighted by Crippen LogP contribution is 2.12. The van der Waals surface area contributed by atoms with Crippen molar-refractivity contribution in [1.29, 1.82) is 0 Å². The lowest BCUT2D eigenvalue weighted by atomic mass is 9.96. The first kappa shape index (κ1) is 17.9. The van der Waals surface area contributed by atoms with Crippen LogP contribution < -0.4 is 10.6 Å². The minimum Gasteiger partial charge on any atom is -0.356 e. The van der Waals surface area contributed by atoms with Gasteiger partial charge < -0.3 is 10.6 Å². The zero-order chi connectivity index (χ0) is 14.9. The third-order valence-electron chi connectivity index (χ3n) is 2.89. The van der Waals surface area contributed by atoms with Crippen LogP contribution in [0.3, 0.4) is 0 Å². The van der Waals surface area contributed by atoms with E-state index in [1.54, 1.807) is 0 Å². The smallest absolute Gasteiger partial charge is 0.225 e. The van der Waals surface area contributed by atoms with E-state index in [0.29, 0.717) is 0 Å². The van der Waals surface area contributed by atoms with Crippen molar-refractivity contribution in [2.75, 3.05) is 13.1 Å². The Morgan fingerprint density at radius 3 is 1.79 bits per heavy atom. The lowest BCUT2D eigenvalue weighted by molar-refractivity contribution is -0.128. The van der Waals surface area contributed by atoms with Crippen LogP contribution in [0.25, 0.3) is 0 Å². The average molecular weight is 270 g/mol. The van der Waals surface area contributed by atoms with Crippen LogP contribution in [0.2, 0.25) is 0 Å². The Kier molecular flexibility index (Phi) is 8.44. The fourth-order valence-electron chi connectivity index (χ4n) is 1.49. The standard InChI is InChI=1S/C15H30N2O2/c1-12(2)13(18)16-10-8-6-7-9-11-17-14(19)15(3,4)5/h12H,6-11H2,1-5H3,(H,16,18)(H,17,19). The summed E-state index contributed by atoms with van der Waals surface area (Å²) in [5.41, 5.74) is -0.304. The highest BCUT2D eigenvalue weighted by atomic mass is 16.2. The van der Waals surface area contributed by atoms with E-state index >= 15 is 0 Å². The lowest BCUT2D eigenvalue weighted by Gasteiger charge is -2.17. The Hall–Kier alpha value is -1.06. The fourth-order valence-corrected chi connectivity index (χ4v) is 1.49. The van der Waals surface area contributed by atoms with E-state index in [9.17, 15) is 9.59 Å². The number of unbranched alkanes of at least 4 members (excludes halogenated alkanes) is 3. The monoisotopic (exact) mass is 270 g/mol. The maximum absolute atomic E-state index is 11.6. The van der Waals surface area contributed by atoms with Gasteiger partial charge in [-0.2, -0.15) is 0 Å². The normalized spacial score (nSPS) is 11.5. The molecule has 0 radical (unpaired) electrons. The number of amides is 2. The van der Waals surface area contributed by atoms with Gasteiger partial charge >= 0.3 is 0 Å². The van der Waals surface area contributed by atoms with Crippen LogP contribution in [0.15, 0.2) is 0 Å². The van der Waals surface area contributed by atoms with Crippen molar-refractivity contribution >= 4 is 11.8 Å². The molecule has 0 fully saturated rings. The van der Waals surface area contributed by atoms with Crippen molar-refractivity contribution in [3.63, 3.8) is 0 Å². The summed E-state index contributed by atoms with van der Waals surface area (Å²) in [5.74, 6) is 0.293. The van der Waals surface area contributed by atoms with Crippen molar-refractivity contribution in [2.45, 2.75) is 60.3 Å². The molecular formula is C15H30N2O2. The van der Waals surface area contributed by atoms with Crippen LogP contribution in [0.1, 0.15) is 60.3 Å². The van der Waals surface area contributed by atoms with Crippen LogP contribution in [0, 0.1) is 11.3 Å². The van der Waals surface area contributed by atoms with E-state index in [0.717, 1.165) is 38.8 Å². The summed E-state index contributed by atoms with van der Waals surface area (Å²) in [6.45, 7) is 11.0. The molecule has 0 atom stereocenters. The zero-order valence-corrected chi connectivity index (χ0v) is 13.1. The Bertz CT molecular complexity index is 280. The summed E-state index contributed by atoms with van der Waals surface area (Å²) in [7, 11) is 0. The van der Waals surface area contributed by atoms with E-state index in [4.69, 9.17) is 0 Å². The van der Waals surface area contributed by atoms with E-state index in [2.05, 4.69) is 10.6 Å². The second-order valence-corrected chi connectivity index (χ2v) is 6.37.